The second-order valence-corrected chi connectivity index (χ2v) is 7.92. The first-order valence-corrected chi connectivity index (χ1v) is 10.7. The lowest BCUT2D eigenvalue weighted by Crippen LogP contribution is -2.37. The SMILES string of the molecule is FC(F)(F)c1cccc(Nc2nc(N/N=C/c3ccc(Br)cc3)nc(N3CCOCC3)n2)c1. The van der Waals surface area contributed by atoms with Crippen molar-refractivity contribution in [1.29, 1.82) is 0 Å². The van der Waals surface area contributed by atoms with Crippen molar-refractivity contribution < 1.29 is 17.9 Å². The summed E-state index contributed by atoms with van der Waals surface area (Å²) in [6.07, 6.45) is -2.85. The minimum absolute atomic E-state index is 0.0900. The third kappa shape index (κ3) is 6.39. The van der Waals surface area contributed by atoms with E-state index in [1.165, 1.54) is 12.1 Å². The van der Waals surface area contributed by atoms with Crippen LogP contribution in [0.3, 0.4) is 0 Å². The van der Waals surface area contributed by atoms with Gasteiger partial charge in [-0.1, -0.05) is 34.1 Å². The number of nitrogens with zero attached hydrogens (tertiary/aromatic N) is 5. The minimum Gasteiger partial charge on any atom is -0.378 e. The van der Waals surface area contributed by atoms with Gasteiger partial charge >= 0.3 is 6.18 Å². The van der Waals surface area contributed by atoms with Gasteiger partial charge in [0, 0.05) is 23.2 Å². The molecule has 0 bridgehead atoms. The summed E-state index contributed by atoms with van der Waals surface area (Å²) in [5.74, 6) is 0.602. The number of benzene rings is 2. The highest BCUT2D eigenvalue weighted by Crippen LogP contribution is 2.31. The molecule has 1 aliphatic rings. The second-order valence-electron chi connectivity index (χ2n) is 7.01. The number of hydrogen-bond donors (Lipinski definition) is 2. The van der Waals surface area contributed by atoms with Crippen LogP contribution in [0.5, 0.6) is 0 Å². The molecule has 172 valence electrons. The number of halogens is 4. The highest BCUT2D eigenvalue weighted by molar-refractivity contribution is 9.10. The van der Waals surface area contributed by atoms with E-state index in [0.717, 1.165) is 22.2 Å². The fourth-order valence-corrected chi connectivity index (χ4v) is 3.26. The predicted molar refractivity (Wildman–Crippen MR) is 123 cm³/mol. The average Bonchev–Trinajstić information content (AvgIpc) is 2.80. The van der Waals surface area contributed by atoms with Crippen molar-refractivity contribution in [2.45, 2.75) is 6.18 Å². The Hall–Kier alpha value is -3.25. The van der Waals surface area contributed by atoms with Crippen LogP contribution in [0.25, 0.3) is 0 Å². The van der Waals surface area contributed by atoms with Gasteiger partial charge in [0.2, 0.25) is 17.8 Å². The molecule has 0 amide bonds. The zero-order valence-electron chi connectivity index (χ0n) is 17.2. The predicted octanol–water partition coefficient (Wildman–Crippen LogP) is 4.68. The number of morpholine rings is 1. The molecule has 4 rings (SSSR count). The third-order valence-electron chi connectivity index (χ3n) is 4.61. The van der Waals surface area contributed by atoms with E-state index in [2.05, 4.69) is 46.7 Å². The zero-order chi connectivity index (χ0) is 23.3. The Labute approximate surface area is 196 Å². The van der Waals surface area contributed by atoms with Gasteiger partial charge < -0.3 is 15.0 Å². The van der Waals surface area contributed by atoms with Crippen LogP contribution in [0.1, 0.15) is 11.1 Å². The maximum absolute atomic E-state index is 13.1. The van der Waals surface area contributed by atoms with Gasteiger partial charge in [-0.25, -0.2) is 5.43 Å². The molecule has 0 unspecified atom stereocenters. The maximum atomic E-state index is 13.1. The highest BCUT2D eigenvalue weighted by atomic mass is 79.9. The van der Waals surface area contributed by atoms with Crippen LogP contribution in [0.4, 0.5) is 36.7 Å². The van der Waals surface area contributed by atoms with E-state index < -0.39 is 11.7 Å². The molecule has 0 aliphatic carbocycles. The molecule has 1 fully saturated rings. The lowest BCUT2D eigenvalue weighted by atomic mass is 10.2. The van der Waals surface area contributed by atoms with Crippen molar-refractivity contribution in [2.75, 3.05) is 41.9 Å². The molecule has 0 saturated carbocycles. The van der Waals surface area contributed by atoms with Crippen LogP contribution in [0.2, 0.25) is 0 Å². The third-order valence-corrected chi connectivity index (χ3v) is 5.14. The van der Waals surface area contributed by atoms with Crippen molar-refractivity contribution in [1.82, 2.24) is 15.0 Å². The molecule has 8 nitrogen and oxygen atoms in total. The first-order chi connectivity index (χ1) is 15.9. The van der Waals surface area contributed by atoms with Gasteiger partial charge in [-0.2, -0.15) is 33.2 Å². The molecule has 0 radical (unpaired) electrons. The van der Waals surface area contributed by atoms with Crippen LogP contribution < -0.4 is 15.6 Å². The van der Waals surface area contributed by atoms with Crippen LogP contribution in [0, 0.1) is 0 Å². The van der Waals surface area contributed by atoms with Gasteiger partial charge in [0.05, 0.1) is 25.0 Å². The highest BCUT2D eigenvalue weighted by Gasteiger charge is 2.30. The molecule has 2 aromatic carbocycles. The van der Waals surface area contributed by atoms with Crippen molar-refractivity contribution in [3.05, 3.63) is 64.1 Å². The number of aromatic nitrogens is 3. The van der Waals surface area contributed by atoms with Gasteiger partial charge in [-0.3, -0.25) is 0 Å². The summed E-state index contributed by atoms with van der Waals surface area (Å²) >= 11 is 3.38. The number of rotatable bonds is 6. The van der Waals surface area contributed by atoms with E-state index in [9.17, 15) is 13.2 Å². The van der Waals surface area contributed by atoms with Crippen LogP contribution in [-0.2, 0) is 10.9 Å². The zero-order valence-corrected chi connectivity index (χ0v) is 18.8. The van der Waals surface area contributed by atoms with Crippen LogP contribution in [-0.4, -0.2) is 47.5 Å². The second kappa shape index (κ2) is 10.1. The topological polar surface area (TPSA) is 87.6 Å². The largest absolute Gasteiger partial charge is 0.416 e. The quantitative estimate of drug-likeness (QED) is 0.359. The Bertz CT molecular complexity index is 1120. The summed E-state index contributed by atoms with van der Waals surface area (Å²) < 4.78 is 45.5. The molecule has 2 N–H and O–H groups in total. The maximum Gasteiger partial charge on any atom is 0.416 e. The molecule has 1 aliphatic heterocycles. The standard InChI is InChI=1S/C21H19BrF3N7O/c22-16-6-4-14(5-7-16)13-26-31-19-28-18(29-20(30-19)32-8-10-33-11-9-32)27-17-3-1-2-15(12-17)21(23,24)25/h1-7,12-13H,8-11H2,(H2,27,28,29,30,31)/b26-13+. The number of alkyl halides is 3. The lowest BCUT2D eigenvalue weighted by Gasteiger charge is -2.27. The van der Waals surface area contributed by atoms with Gasteiger partial charge in [-0.05, 0) is 35.9 Å². The number of ether oxygens (including phenoxy) is 1. The number of anilines is 4. The Morgan fingerprint density at radius 2 is 1.73 bits per heavy atom. The molecule has 0 atom stereocenters. The molecular weight excluding hydrogens is 503 g/mol. The molecular formula is C21H19BrF3N7O. The van der Waals surface area contributed by atoms with Crippen LogP contribution >= 0.6 is 15.9 Å². The molecule has 0 spiro atoms. The number of hydrazone groups is 1. The van der Waals surface area contributed by atoms with Crippen molar-refractivity contribution in [2.24, 2.45) is 5.10 Å². The summed E-state index contributed by atoms with van der Waals surface area (Å²) in [5.41, 5.74) is 3.05. The summed E-state index contributed by atoms with van der Waals surface area (Å²) in [7, 11) is 0. The Balaban J connectivity index is 1.58. The fraction of sp³-hybridized carbons (Fsp3) is 0.238. The van der Waals surface area contributed by atoms with Gasteiger partial charge in [0.15, 0.2) is 0 Å². The van der Waals surface area contributed by atoms with E-state index >= 15 is 0 Å². The molecule has 1 saturated heterocycles. The van der Waals surface area contributed by atoms with Crippen molar-refractivity contribution in [3.63, 3.8) is 0 Å². The molecule has 1 aromatic heterocycles. The summed E-state index contributed by atoms with van der Waals surface area (Å²) in [5, 5.41) is 6.99. The first kappa shape index (κ1) is 22.9. The number of hydrogen-bond acceptors (Lipinski definition) is 8. The fourth-order valence-electron chi connectivity index (χ4n) is 2.99. The smallest absolute Gasteiger partial charge is 0.378 e. The summed E-state index contributed by atoms with van der Waals surface area (Å²) in [6, 6.07) is 12.3. The number of nitrogens with one attached hydrogen (secondary N) is 2. The van der Waals surface area contributed by atoms with E-state index in [1.54, 1.807) is 6.21 Å². The van der Waals surface area contributed by atoms with Crippen molar-refractivity contribution >= 4 is 45.7 Å². The first-order valence-electron chi connectivity index (χ1n) is 9.94. The molecule has 12 heteroatoms. The normalized spacial score (nSPS) is 14.5. The molecule has 33 heavy (non-hydrogen) atoms. The van der Waals surface area contributed by atoms with Gasteiger partial charge in [0.25, 0.3) is 0 Å². The van der Waals surface area contributed by atoms with E-state index in [4.69, 9.17) is 4.74 Å². The summed E-state index contributed by atoms with van der Waals surface area (Å²) in [6.45, 7) is 2.20. The Kier molecular flexibility index (Phi) is 7.04. The van der Waals surface area contributed by atoms with E-state index in [0.29, 0.717) is 32.3 Å². The van der Waals surface area contributed by atoms with E-state index in [1.807, 2.05) is 29.2 Å². The molecule has 3 aromatic rings. The van der Waals surface area contributed by atoms with Crippen molar-refractivity contribution in [3.8, 4) is 0 Å². The summed E-state index contributed by atoms with van der Waals surface area (Å²) in [4.78, 5) is 14.9. The molecule has 2 heterocycles. The van der Waals surface area contributed by atoms with Crippen LogP contribution in [0.15, 0.2) is 58.1 Å². The average molecular weight is 522 g/mol. The lowest BCUT2D eigenvalue weighted by molar-refractivity contribution is -0.137. The Morgan fingerprint density at radius 3 is 2.45 bits per heavy atom. The van der Waals surface area contributed by atoms with E-state index in [-0.39, 0.29) is 17.6 Å². The monoisotopic (exact) mass is 521 g/mol. The van der Waals surface area contributed by atoms with Gasteiger partial charge in [0.1, 0.15) is 0 Å². The van der Waals surface area contributed by atoms with Gasteiger partial charge in [-0.15, -0.1) is 0 Å². The minimum atomic E-state index is -4.45. The Morgan fingerprint density at radius 1 is 1.00 bits per heavy atom.